The lowest BCUT2D eigenvalue weighted by molar-refractivity contribution is 0.0223. The summed E-state index contributed by atoms with van der Waals surface area (Å²) < 4.78 is 16.1. The molecule has 0 N–H and O–H groups in total. The van der Waals surface area contributed by atoms with Gasteiger partial charge in [0.05, 0.1) is 0 Å². The first kappa shape index (κ1) is 13.4. The number of carbonyl (C=O) groups is 1. The number of benzene rings is 1. The summed E-state index contributed by atoms with van der Waals surface area (Å²) in [6, 6.07) is 10.4. The van der Waals surface area contributed by atoms with E-state index >= 15 is 0 Å². The Hall–Kier alpha value is -2.56. The molecule has 1 aliphatic carbocycles. The summed E-state index contributed by atoms with van der Waals surface area (Å²) in [5, 5.41) is 0. The van der Waals surface area contributed by atoms with Gasteiger partial charge in [-0.05, 0) is 43.5 Å². The highest BCUT2D eigenvalue weighted by molar-refractivity contribution is 5.65. The molecule has 1 aromatic carbocycles. The van der Waals surface area contributed by atoms with E-state index in [1.54, 1.807) is 48.8 Å². The maximum atomic E-state index is 11.7. The van der Waals surface area contributed by atoms with Crippen LogP contribution in [-0.2, 0) is 4.74 Å². The van der Waals surface area contributed by atoms with E-state index in [-0.39, 0.29) is 6.10 Å². The van der Waals surface area contributed by atoms with Crippen molar-refractivity contribution < 1.29 is 19.0 Å². The molecule has 1 heterocycles. The zero-order valence-electron chi connectivity index (χ0n) is 11.4. The van der Waals surface area contributed by atoms with Crippen molar-refractivity contribution in [1.29, 1.82) is 0 Å². The van der Waals surface area contributed by atoms with Gasteiger partial charge in [0.25, 0.3) is 0 Å². The number of hydrogen-bond donors (Lipinski definition) is 0. The molecule has 1 saturated carbocycles. The Bertz CT molecular complexity index is 611. The molecule has 0 saturated heterocycles. The quantitative estimate of drug-likeness (QED) is 0.629. The second kappa shape index (κ2) is 6.26. The fourth-order valence-electron chi connectivity index (χ4n) is 1.89. The molecule has 1 fully saturated rings. The van der Waals surface area contributed by atoms with E-state index in [2.05, 4.69) is 4.98 Å². The van der Waals surface area contributed by atoms with Crippen LogP contribution in [-0.4, -0.2) is 17.2 Å². The maximum absolute atomic E-state index is 11.7. The van der Waals surface area contributed by atoms with E-state index in [9.17, 15) is 4.79 Å². The molecule has 2 aromatic rings. The van der Waals surface area contributed by atoms with Crippen molar-refractivity contribution in [2.24, 2.45) is 0 Å². The number of rotatable bonds is 4. The first-order valence-corrected chi connectivity index (χ1v) is 6.86. The first-order valence-electron chi connectivity index (χ1n) is 6.86. The lowest BCUT2D eigenvalue weighted by Gasteiger charge is -2.24. The number of carbonyl (C=O) groups excluding carboxylic acids is 1. The maximum Gasteiger partial charge on any atom is 0.514 e. The van der Waals surface area contributed by atoms with E-state index < -0.39 is 6.16 Å². The van der Waals surface area contributed by atoms with Gasteiger partial charge in [-0.3, -0.25) is 4.98 Å². The van der Waals surface area contributed by atoms with Gasteiger partial charge >= 0.3 is 6.16 Å². The Kier molecular flexibility index (Phi) is 4.00. The SMILES string of the molecule is O=C(Oc1ccccc1Oc1ccncc1)OC1CCC1. The highest BCUT2D eigenvalue weighted by Gasteiger charge is 2.23. The Morgan fingerprint density at radius 1 is 1.05 bits per heavy atom. The van der Waals surface area contributed by atoms with E-state index in [1.165, 1.54) is 0 Å². The number of nitrogens with zero attached hydrogens (tertiary/aromatic N) is 1. The van der Waals surface area contributed by atoms with Crippen LogP contribution in [0.3, 0.4) is 0 Å². The summed E-state index contributed by atoms with van der Waals surface area (Å²) in [5.74, 6) is 1.40. The summed E-state index contributed by atoms with van der Waals surface area (Å²) in [5.41, 5.74) is 0. The minimum atomic E-state index is -0.689. The molecule has 0 aliphatic heterocycles. The van der Waals surface area contributed by atoms with Gasteiger partial charge in [0, 0.05) is 12.4 Å². The molecule has 1 aromatic heterocycles. The van der Waals surface area contributed by atoms with Gasteiger partial charge in [-0.1, -0.05) is 12.1 Å². The van der Waals surface area contributed by atoms with Crippen molar-refractivity contribution in [3.8, 4) is 17.2 Å². The van der Waals surface area contributed by atoms with E-state index in [1.807, 2.05) is 0 Å². The van der Waals surface area contributed by atoms with Gasteiger partial charge in [0.15, 0.2) is 11.5 Å². The molecule has 1 aliphatic rings. The van der Waals surface area contributed by atoms with Crippen molar-refractivity contribution in [2.75, 3.05) is 0 Å². The number of pyridine rings is 1. The predicted octanol–water partition coefficient (Wildman–Crippen LogP) is 3.94. The van der Waals surface area contributed by atoms with Gasteiger partial charge in [0.1, 0.15) is 11.9 Å². The molecular formula is C16H15NO4. The van der Waals surface area contributed by atoms with Crippen molar-refractivity contribution in [1.82, 2.24) is 4.98 Å². The third-order valence-electron chi connectivity index (χ3n) is 3.24. The van der Waals surface area contributed by atoms with Crippen LogP contribution in [0.15, 0.2) is 48.8 Å². The summed E-state index contributed by atoms with van der Waals surface area (Å²) >= 11 is 0. The van der Waals surface area contributed by atoms with E-state index in [0.717, 1.165) is 19.3 Å². The molecule has 0 unspecified atom stereocenters. The van der Waals surface area contributed by atoms with E-state index in [4.69, 9.17) is 14.2 Å². The molecule has 0 radical (unpaired) electrons. The van der Waals surface area contributed by atoms with Crippen LogP contribution in [0.2, 0.25) is 0 Å². The van der Waals surface area contributed by atoms with Crippen LogP contribution in [0.1, 0.15) is 19.3 Å². The van der Waals surface area contributed by atoms with Gasteiger partial charge in [-0.15, -0.1) is 0 Å². The monoisotopic (exact) mass is 285 g/mol. The topological polar surface area (TPSA) is 57.7 Å². The first-order chi connectivity index (χ1) is 10.3. The lowest BCUT2D eigenvalue weighted by atomic mass is 9.96. The molecule has 21 heavy (non-hydrogen) atoms. The van der Waals surface area contributed by atoms with Crippen LogP contribution in [0.5, 0.6) is 17.2 Å². The Balaban J connectivity index is 1.68. The average Bonchev–Trinajstić information content (AvgIpc) is 2.46. The summed E-state index contributed by atoms with van der Waals surface area (Å²) in [6.45, 7) is 0. The highest BCUT2D eigenvalue weighted by atomic mass is 16.7. The Morgan fingerprint density at radius 3 is 2.43 bits per heavy atom. The number of ether oxygens (including phenoxy) is 3. The average molecular weight is 285 g/mol. The van der Waals surface area contributed by atoms with Crippen molar-refractivity contribution in [3.05, 3.63) is 48.8 Å². The molecule has 0 atom stereocenters. The second-order valence-corrected chi connectivity index (χ2v) is 4.75. The molecule has 0 amide bonds. The second-order valence-electron chi connectivity index (χ2n) is 4.75. The molecule has 5 heteroatoms. The largest absolute Gasteiger partial charge is 0.514 e. The van der Waals surface area contributed by atoms with E-state index in [0.29, 0.717) is 17.2 Å². The molecule has 0 bridgehead atoms. The number of hydrogen-bond acceptors (Lipinski definition) is 5. The molecule has 3 rings (SSSR count). The summed E-state index contributed by atoms with van der Waals surface area (Å²) in [4.78, 5) is 15.6. The minimum absolute atomic E-state index is 0.00854. The van der Waals surface area contributed by atoms with Crippen molar-refractivity contribution >= 4 is 6.16 Å². The zero-order valence-corrected chi connectivity index (χ0v) is 11.4. The predicted molar refractivity (Wildman–Crippen MR) is 75.5 cm³/mol. The fraction of sp³-hybridized carbons (Fsp3) is 0.250. The fourth-order valence-corrected chi connectivity index (χ4v) is 1.89. The van der Waals surface area contributed by atoms with Crippen molar-refractivity contribution in [3.63, 3.8) is 0 Å². The Morgan fingerprint density at radius 2 is 1.76 bits per heavy atom. The van der Waals surface area contributed by atoms with Gasteiger partial charge in [0.2, 0.25) is 0 Å². The normalized spacial score (nSPS) is 14.1. The number of para-hydroxylation sites is 2. The van der Waals surface area contributed by atoms with Crippen LogP contribution in [0.25, 0.3) is 0 Å². The lowest BCUT2D eigenvalue weighted by Crippen LogP contribution is -2.26. The standard InChI is InChI=1S/C16H15NO4/c18-16(20-12-4-3-5-12)21-15-7-2-1-6-14(15)19-13-8-10-17-11-9-13/h1-2,6-12H,3-5H2. The summed E-state index contributed by atoms with van der Waals surface area (Å²) in [7, 11) is 0. The zero-order chi connectivity index (χ0) is 14.5. The third-order valence-corrected chi connectivity index (χ3v) is 3.24. The molecular weight excluding hydrogens is 270 g/mol. The highest BCUT2D eigenvalue weighted by Crippen LogP contribution is 2.31. The molecule has 0 spiro atoms. The Labute approximate surface area is 122 Å². The molecule has 108 valence electrons. The van der Waals surface area contributed by atoms with Crippen LogP contribution < -0.4 is 9.47 Å². The smallest absolute Gasteiger partial charge is 0.453 e. The van der Waals surface area contributed by atoms with Crippen LogP contribution in [0, 0.1) is 0 Å². The van der Waals surface area contributed by atoms with Crippen molar-refractivity contribution in [2.45, 2.75) is 25.4 Å². The molecule has 5 nitrogen and oxygen atoms in total. The number of aromatic nitrogens is 1. The van der Waals surface area contributed by atoms with Crippen LogP contribution >= 0.6 is 0 Å². The summed E-state index contributed by atoms with van der Waals surface area (Å²) in [6.07, 6.45) is 5.47. The third kappa shape index (κ3) is 3.51. The van der Waals surface area contributed by atoms with Gasteiger partial charge < -0.3 is 14.2 Å². The van der Waals surface area contributed by atoms with Gasteiger partial charge in [-0.2, -0.15) is 0 Å². The van der Waals surface area contributed by atoms with Gasteiger partial charge in [-0.25, -0.2) is 4.79 Å². The minimum Gasteiger partial charge on any atom is -0.453 e. The van der Waals surface area contributed by atoms with Crippen LogP contribution in [0.4, 0.5) is 4.79 Å².